The van der Waals surface area contributed by atoms with Crippen LogP contribution in [0.2, 0.25) is 0 Å². The van der Waals surface area contributed by atoms with Gasteiger partial charge in [-0.3, -0.25) is 9.20 Å². The van der Waals surface area contributed by atoms with Crippen LogP contribution in [0.25, 0.3) is 16.6 Å². The summed E-state index contributed by atoms with van der Waals surface area (Å²) in [5.74, 6) is 0.269. The lowest BCUT2D eigenvalue weighted by Gasteiger charge is -2.10. The minimum absolute atomic E-state index is 0.181. The molecule has 0 amide bonds. The van der Waals surface area contributed by atoms with Gasteiger partial charge in [-0.15, -0.1) is 0 Å². The Balaban J connectivity index is 2.28. The fraction of sp³-hybridized carbons (Fsp3) is 0.0588. The minimum atomic E-state index is -0.830. The van der Waals surface area contributed by atoms with E-state index in [1.807, 2.05) is 30.3 Å². The molecule has 0 spiro atoms. The Hall–Kier alpha value is -3.08. The van der Waals surface area contributed by atoms with Crippen LogP contribution in [0, 0.1) is 0 Å². The number of nitrogens with zero attached hydrogens (tertiary/aromatic N) is 1. The highest BCUT2D eigenvalue weighted by molar-refractivity contribution is 5.75. The summed E-state index contributed by atoms with van der Waals surface area (Å²) in [6.07, 6.45) is 0.803. The second kappa shape index (κ2) is 5.73. The first-order valence-electron chi connectivity index (χ1n) is 6.66. The van der Waals surface area contributed by atoms with E-state index in [2.05, 4.69) is 4.74 Å². The monoisotopic (exact) mass is 295 g/mol. The van der Waals surface area contributed by atoms with Crippen LogP contribution in [0.3, 0.4) is 0 Å². The molecular formula is C17H13NO4. The molecule has 0 atom stereocenters. The lowest BCUT2D eigenvalue weighted by atomic mass is 10.1. The maximum Gasteiger partial charge on any atom is 0.513 e. The van der Waals surface area contributed by atoms with Crippen LogP contribution in [0.15, 0.2) is 65.6 Å². The normalized spacial score (nSPS) is 10.4. The van der Waals surface area contributed by atoms with Crippen LogP contribution in [0.4, 0.5) is 4.79 Å². The van der Waals surface area contributed by atoms with E-state index < -0.39 is 6.16 Å². The van der Waals surface area contributed by atoms with E-state index in [-0.39, 0.29) is 11.3 Å². The molecule has 1 aromatic carbocycles. The largest absolute Gasteiger partial charge is 0.513 e. The van der Waals surface area contributed by atoms with Gasteiger partial charge in [0.1, 0.15) is 0 Å². The molecule has 5 nitrogen and oxygen atoms in total. The van der Waals surface area contributed by atoms with E-state index in [4.69, 9.17) is 4.74 Å². The SMILES string of the molecule is COC(=O)Oc1cc(-c2ccccc2)c(=O)n2ccccc12. The van der Waals surface area contributed by atoms with Crippen LogP contribution >= 0.6 is 0 Å². The molecule has 0 bridgehead atoms. The third kappa shape index (κ3) is 2.44. The number of ether oxygens (including phenoxy) is 2. The molecule has 0 radical (unpaired) electrons. The predicted molar refractivity (Wildman–Crippen MR) is 82.1 cm³/mol. The van der Waals surface area contributed by atoms with Gasteiger partial charge in [0.25, 0.3) is 5.56 Å². The average molecular weight is 295 g/mol. The number of hydrogen-bond acceptors (Lipinski definition) is 4. The molecular weight excluding hydrogens is 282 g/mol. The second-order valence-corrected chi connectivity index (χ2v) is 4.61. The van der Waals surface area contributed by atoms with Crippen molar-refractivity contribution in [2.75, 3.05) is 7.11 Å². The van der Waals surface area contributed by atoms with Gasteiger partial charge in [0.2, 0.25) is 0 Å². The number of aromatic nitrogens is 1. The first-order valence-corrected chi connectivity index (χ1v) is 6.66. The molecule has 2 aromatic heterocycles. The van der Waals surface area contributed by atoms with E-state index in [9.17, 15) is 9.59 Å². The van der Waals surface area contributed by atoms with Crippen LogP contribution in [-0.2, 0) is 4.74 Å². The van der Waals surface area contributed by atoms with Gasteiger partial charge in [-0.2, -0.15) is 0 Å². The molecule has 22 heavy (non-hydrogen) atoms. The zero-order chi connectivity index (χ0) is 15.5. The molecule has 0 aliphatic rings. The molecule has 110 valence electrons. The van der Waals surface area contributed by atoms with Crippen LogP contribution < -0.4 is 10.3 Å². The standard InChI is InChI=1S/C17H13NO4/c1-21-17(20)22-15-11-13(12-7-3-2-4-8-12)16(19)18-10-6-5-9-14(15)18/h2-11H,1H3. The van der Waals surface area contributed by atoms with Crippen molar-refractivity contribution in [2.45, 2.75) is 0 Å². The topological polar surface area (TPSA) is 57.0 Å². The van der Waals surface area contributed by atoms with Crippen LogP contribution in [0.5, 0.6) is 5.75 Å². The molecule has 0 saturated heterocycles. The summed E-state index contributed by atoms with van der Waals surface area (Å²) < 4.78 is 11.1. The third-order valence-electron chi connectivity index (χ3n) is 3.28. The molecule has 0 fully saturated rings. The van der Waals surface area contributed by atoms with E-state index in [1.54, 1.807) is 30.5 Å². The van der Waals surface area contributed by atoms with Crippen molar-refractivity contribution in [1.82, 2.24) is 4.40 Å². The molecule has 0 unspecified atom stereocenters. The molecule has 2 heterocycles. The number of fused-ring (bicyclic) bond motifs is 1. The van der Waals surface area contributed by atoms with E-state index in [0.29, 0.717) is 11.1 Å². The van der Waals surface area contributed by atoms with Crippen LogP contribution in [0.1, 0.15) is 0 Å². The summed E-state index contributed by atoms with van der Waals surface area (Å²) in [6, 6.07) is 16.0. The number of pyridine rings is 2. The number of carbonyl (C=O) groups is 1. The Morgan fingerprint density at radius 3 is 2.50 bits per heavy atom. The number of carbonyl (C=O) groups excluding carboxylic acids is 1. The van der Waals surface area contributed by atoms with E-state index >= 15 is 0 Å². The molecule has 3 rings (SSSR count). The van der Waals surface area contributed by atoms with Crippen molar-refractivity contribution >= 4 is 11.7 Å². The summed E-state index contributed by atoms with van der Waals surface area (Å²) in [7, 11) is 1.23. The molecule has 3 aromatic rings. The van der Waals surface area contributed by atoms with Gasteiger partial charge in [-0.1, -0.05) is 36.4 Å². The Bertz CT molecular complexity index is 884. The highest BCUT2D eigenvalue weighted by Gasteiger charge is 2.14. The Kier molecular flexibility index (Phi) is 3.62. The van der Waals surface area contributed by atoms with Gasteiger partial charge in [0.05, 0.1) is 18.2 Å². The van der Waals surface area contributed by atoms with Gasteiger partial charge in [0.15, 0.2) is 5.75 Å². The van der Waals surface area contributed by atoms with Crippen molar-refractivity contribution in [3.63, 3.8) is 0 Å². The van der Waals surface area contributed by atoms with E-state index in [0.717, 1.165) is 5.56 Å². The van der Waals surface area contributed by atoms with Gasteiger partial charge < -0.3 is 9.47 Å². The van der Waals surface area contributed by atoms with Crippen molar-refractivity contribution in [3.05, 3.63) is 71.1 Å². The fourth-order valence-corrected chi connectivity index (χ4v) is 2.26. The number of methoxy groups -OCH3 is 1. The fourth-order valence-electron chi connectivity index (χ4n) is 2.26. The van der Waals surface area contributed by atoms with Gasteiger partial charge in [-0.05, 0) is 23.8 Å². The van der Waals surface area contributed by atoms with Crippen molar-refractivity contribution < 1.29 is 14.3 Å². The van der Waals surface area contributed by atoms with Gasteiger partial charge >= 0.3 is 6.16 Å². The van der Waals surface area contributed by atoms with Crippen LogP contribution in [-0.4, -0.2) is 17.7 Å². The summed E-state index contributed by atoms with van der Waals surface area (Å²) in [4.78, 5) is 24.1. The highest BCUT2D eigenvalue weighted by Crippen LogP contribution is 2.25. The molecule has 0 N–H and O–H groups in total. The third-order valence-corrected chi connectivity index (χ3v) is 3.28. The first kappa shape index (κ1) is 13.9. The first-order chi connectivity index (χ1) is 10.7. The van der Waals surface area contributed by atoms with E-state index in [1.165, 1.54) is 11.5 Å². The number of rotatable bonds is 2. The molecule has 0 aliphatic heterocycles. The summed E-state index contributed by atoms with van der Waals surface area (Å²) >= 11 is 0. The van der Waals surface area contributed by atoms with Crippen molar-refractivity contribution in [3.8, 4) is 16.9 Å². The number of hydrogen-bond donors (Lipinski definition) is 0. The Labute approximate surface area is 126 Å². The lowest BCUT2D eigenvalue weighted by molar-refractivity contribution is 0.122. The maximum absolute atomic E-state index is 12.6. The zero-order valence-corrected chi connectivity index (χ0v) is 11.9. The highest BCUT2D eigenvalue weighted by atomic mass is 16.7. The quantitative estimate of drug-likeness (QED) is 0.682. The molecule has 0 saturated carbocycles. The second-order valence-electron chi connectivity index (χ2n) is 4.61. The average Bonchev–Trinajstić information content (AvgIpc) is 2.58. The smallest absolute Gasteiger partial charge is 0.437 e. The van der Waals surface area contributed by atoms with Crippen molar-refractivity contribution in [2.24, 2.45) is 0 Å². The van der Waals surface area contributed by atoms with Crippen molar-refractivity contribution in [1.29, 1.82) is 0 Å². The molecule has 5 heteroatoms. The Morgan fingerprint density at radius 1 is 1.05 bits per heavy atom. The lowest BCUT2D eigenvalue weighted by Crippen LogP contribution is -2.17. The van der Waals surface area contributed by atoms with Gasteiger partial charge in [0, 0.05) is 6.20 Å². The maximum atomic E-state index is 12.6. The predicted octanol–water partition coefficient (Wildman–Crippen LogP) is 3.11. The Morgan fingerprint density at radius 2 is 1.77 bits per heavy atom. The summed E-state index contributed by atoms with van der Waals surface area (Å²) in [6.45, 7) is 0. The summed E-state index contributed by atoms with van der Waals surface area (Å²) in [5.41, 5.74) is 1.51. The molecule has 0 aliphatic carbocycles. The zero-order valence-electron chi connectivity index (χ0n) is 11.9. The van der Waals surface area contributed by atoms with Gasteiger partial charge in [-0.25, -0.2) is 4.79 Å². The number of benzene rings is 1. The minimum Gasteiger partial charge on any atom is -0.437 e. The summed E-state index contributed by atoms with van der Waals surface area (Å²) in [5, 5.41) is 0.